The summed E-state index contributed by atoms with van der Waals surface area (Å²) in [5.41, 5.74) is 1.81. The quantitative estimate of drug-likeness (QED) is 0.847. The van der Waals surface area contributed by atoms with Crippen molar-refractivity contribution in [1.82, 2.24) is 4.72 Å². The van der Waals surface area contributed by atoms with Crippen LogP contribution in [-0.2, 0) is 10.0 Å². The number of rotatable bonds is 5. The molecule has 0 saturated heterocycles. The molecule has 102 valence electrons. The van der Waals surface area contributed by atoms with Crippen LogP contribution in [0.25, 0.3) is 0 Å². The van der Waals surface area contributed by atoms with Crippen molar-refractivity contribution in [3.8, 4) is 0 Å². The maximum atomic E-state index is 12.2. The Balaban J connectivity index is 3.00. The van der Waals surface area contributed by atoms with Crippen LogP contribution in [0.15, 0.2) is 23.1 Å². The standard InChI is InChI=1S/C13H20ClNO2S/c1-9-5-6-13(10(2)7-9)18(16,17)15-12(4)11(3)8-14/h5-7,11-12,15H,8H2,1-4H3. The second kappa shape index (κ2) is 6.04. The summed E-state index contributed by atoms with van der Waals surface area (Å²) < 4.78 is 27.2. The van der Waals surface area contributed by atoms with Crippen LogP contribution in [0.5, 0.6) is 0 Å². The topological polar surface area (TPSA) is 46.2 Å². The minimum absolute atomic E-state index is 0.0900. The van der Waals surface area contributed by atoms with E-state index in [4.69, 9.17) is 11.6 Å². The van der Waals surface area contributed by atoms with Crippen molar-refractivity contribution >= 4 is 21.6 Å². The van der Waals surface area contributed by atoms with E-state index in [0.717, 1.165) is 11.1 Å². The largest absolute Gasteiger partial charge is 0.241 e. The van der Waals surface area contributed by atoms with Crippen molar-refractivity contribution in [2.75, 3.05) is 5.88 Å². The molecule has 0 spiro atoms. The van der Waals surface area contributed by atoms with E-state index in [1.54, 1.807) is 19.1 Å². The molecule has 2 atom stereocenters. The highest BCUT2D eigenvalue weighted by atomic mass is 35.5. The molecule has 2 unspecified atom stereocenters. The van der Waals surface area contributed by atoms with E-state index in [1.165, 1.54) is 0 Å². The molecule has 1 rings (SSSR count). The van der Waals surface area contributed by atoms with Gasteiger partial charge in [0.25, 0.3) is 0 Å². The normalized spacial score (nSPS) is 15.4. The van der Waals surface area contributed by atoms with E-state index in [2.05, 4.69) is 4.72 Å². The van der Waals surface area contributed by atoms with Crippen molar-refractivity contribution in [1.29, 1.82) is 0 Å². The summed E-state index contributed by atoms with van der Waals surface area (Å²) in [7, 11) is -3.47. The Morgan fingerprint density at radius 2 is 1.89 bits per heavy atom. The SMILES string of the molecule is Cc1ccc(S(=O)(=O)NC(C)C(C)CCl)c(C)c1. The Morgan fingerprint density at radius 1 is 1.28 bits per heavy atom. The van der Waals surface area contributed by atoms with Gasteiger partial charge in [-0.15, -0.1) is 11.6 Å². The molecule has 18 heavy (non-hydrogen) atoms. The fourth-order valence-corrected chi connectivity index (χ4v) is 3.50. The molecule has 0 saturated carbocycles. The number of benzene rings is 1. The highest BCUT2D eigenvalue weighted by Gasteiger charge is 2.22. The van der Waals surface area contributed by atoms with E-state index in [1.807, 2.05) is 26.8 Å². The first-order valence-electron chi connectivity index (χ1n) is 5.93. The second-order valence-corrected chi connectivity index (χ2v) is 6.80. The first-order chi connectivity index (χ1) is 8.27. The molecule has 1 aromatic rings. The molecule has 1 aromatic carbocycles. The molecule has 0 aliphatic heterocycles. The number of sulfonamides is 1. The molecular weight excluding hydrogens is 270 g/mol. The molecule has 5 heteroatoms. The average molecular weight is 290 g/mol. The van der Waals surface area contributed by atoms with Gasteiger partial charge in [0.2, 0.25) is 10.0 Å². The molecule has 0 fully saturated rings. The van der Waals surface area contributed by atoms with Crippen LogP contribution < -0.4 is 4.72 Å². The summed E-state index contributed by atoms with van der Waals surface area (Å²) in [4.78, 5) is 0.335. The number of hydrogen-bond donors (Lipinski definition) is 1. The Hall–Kier alpha value is -0.580. The maximum Gasteiger partial charge on any atom is 0.241 e. The number of halogens is 1. The number of alkyl halides is 1. The van der Waals surface area contributed by atoms with Gasteiger partial charge in [0.1, 0.15) is 0 Å². The van der Waals surface area contributed by atoms with Gasteiger partial charge in [-0.2, -0.15) is 0 Å². The van der Waals surface area contributed by atoms with Crippen molar-refractivity contribution < 1.29 is 8.42 Å². The molecule has 0 aliphatic carbocycles. The van der Waals surface area contributed by atoms with Gasteiger partial charge in [-0.05, 0) is 38.3 Å². The van der Waals surface area contributed by atoms with Crippen molar-refractivity contribution in [2.45, 2.75) is 38.6 Å². The van der Waals surface area contributed by atoms with Crippen molar-refractivity contribution in [2.24, 2.45) is 5.92 Å². The summed E-state index contributed by atoms with van der Waals surface area (Å²) in [6, 6.07) is 5.13. The second-order valence-electron chi connectivity index (χ2n) is 4.81. The number of hydrogen-bond acceptors (Lipinski definition) is 2. The maximum absolute atomic E-state index is 12.2. The third kappa shape index (κ3) is 3.70. The van der Waals surface area contributed by atoms with Crippen LogP contribution >= 0.6 is 11.6 Å². The van der Waals surface area contributed by atoms with Crippen LogP contribution in [0.2, 0.25) is 0 Å². The van der Waals surface area contributed by atoms with Gasteiger partial charge < -0.3 is 0 Å². The first kappa shape index (κ1) is 15.5. The summed E-state index contributed by atoms with van der Waals surface area (Å²) in [5, 5.41) is 0. The molecule has 0 amide bonds. The van der Waals surface area contributed by atoms with Gasteiger partial charge >= 0.3 is 0 Å². The predicted octanol–water partition coefficient (Wildman–Crippen LogP) is 2.85. The molecular formula is C13H20ClNO2S. The smallest absolute Gasteiger partial charge is 0.208 e. The van der Waals surface area contributed by atoms with Crippen LogP contribution in [0, 0.1) is 19.8 Å². The predicted molar refractivity (Wildman–Crippen MR) is 75.6 cm³/mol. The van der Waals surface area contributed by atoms with E-state index >= 15 is 0 Å². The first-order valence-corrected chi connectivity index (χ1v) is 7.95. The van der Waals surface area contributed by atoms with E-state index in [9.17, 15) is 8.42 Å². The van der Waals surface area contributed by atoms with Gasteiger partial charge in [0, 0.05) is 11.9 Å². The van der Waals surface area contributed by atoms with Crippen LogP contribution in [0.4, 0.5) is 0 Å². The van der Waals surface area contributed by atoms with Gasteiger partial charge in [0.15, 0.2) is 0 Å². The van der Waals surface area contributed by atoms with Gasteiger partial charge in [0.05, 0.1) is 4.90 Å². The monoisotopic (exact) mass is 289 g/mol. The van der Waals surface area contributed by atoms with E-state index in [0.29, 0.717) is 10.8 Å². The van der Waals surface area contributed by atoms with Crippen LogP contribution in [0.1, 0.15) is 25.0 Å². The summed E-state index contributed by atoms with van der Waals surface area (Å²) in [6.07, 6.45) is 0. The molecule has 0 radical (unpaired) electrons. The zero-order chi connectivity index (χ0) is 13.9. The molecule has 3 nitrogen and oxygen atoms in total. The van der Waals surface area contributed by atoms with Crippen molar-refractivity contribution in [3.05, 3.63) is 29.3 Å². The van der Waals surface area contributed by atoms with Crippen molar-refractivity contribution in [3.63, 3.8) is 0 Å². The Labute approximate surface area is 115 Å². The molecule has 0 heterocycles. The van der Waals surface area contributed by atoms with Crippen LogP contribution in [-0.4, -0.2) is 20.3 Å². The molecule has 0 aromatic heterocycles. The fourth-order valence-electron chi connectivity index (χ4n) is 1.66. The average Bonchev–Trinajstić information content (AvgIpc) is 2.26. The van der Waals surface area contributed by atoms with E-state index in [-0.39, 0.29) is 12.0 Å². The summed E-state index contributed by atoms with van der Waals surface area (Å²) >= 11 is 5.74. The molecule has 0 aliphatic rings. The van der Waals surface area contributed by atoms with E-state index < -0.39 is 10.0 Å². The summed E-state index contributed by atoms with van der Waals surface area (Å²) in [6.45, 7) is 7.49. The third-order valence-electron chi connectivity index (χ3n) is 3.06. The Kier molecular flexibility index (Phi) is 5.20. The minimum atomic E-state index is -3.47. The lowest BCUT2D eigenvalue weighted by atomic mass is 10.1. The Morgan fingerprint density at radius 3 is 2.39 bits per heavy atom. The van der Waals surface area contributed by atoms with Crippen LogP contribution in [0.3, 0.4) is 0 Å². The zero-order valence-electron chi connectivity index (χ0n) is 11.2. The zero-order valence-corrected chi connectivity index (χ0v) is 12.8. The molecule has 0 bridgehead atoms. The highest BCUT2D eigenvalue weighted by Crippen LogP contribution is 2.18. The fraction of sp³-hybridized carbons (Fsp3) is 0.538. The summed E-state index contributed by atoms with van der Waals surface area (Å²) in [5.74, 6) is 0.517. The highest BCUT2D eigenvalue weighted by molar-refractivity contribution is 7.89. The minimum Gasteiger partial charge on any atom is -0.208 e. The lowest BCUT2D eigenvalue weighted by Gasteiger charge is -2.19. The number of aryl methyl sites for hydroxylation is 2. The Bertz CT molecular complexity index is 514. The van der Waals surface area contributed by atoms with Gasteiger partial charge in [-0.1, -0.05) is 24.6 Å². The molecule has 1 N–H and O–H groups in total. The van der Waals surface area contributed by atoms with Gasteiger partial charge in [-0.3, -0.25) is 0 Å². The lowest BCUT2D eigenvalue weighted by Crippen LogP contribution is -2.37. The van der Waals surface area contributed by atoms with Gasteiger partial charge in [-0.25, -0.2) is 13.1 Å². The number of nitrogens with one attached hydrogen (secondary N) is 1. The lowest BCUT2D eigenvalue weighted by molar-refractivity contribution is 0.480. The third-order valence-corrected chi connectivity index (χ3v) is 5.26.